The Labute approximate surface area is 133 Å². The zero-order valence-corrected chi connectivity index (χ0v) is 12.2. The fraction of sp³-hybridized carbons (Fsp3) is 0.231. The van der Waals surface area contributed by atoms with Gasteiger partial charge in [-0.15, -0.1) is 0 Å². The summed E-state index contributed by atoms with van der Waals surface area (Å²) in [5, 5.41) is 9.47. The van der Waals surface area contributed by atoms with Crippen LogP contribution in [0.4, 0.5) is 32.0 Å². The Kier molecular flexibility index (Phi) is 4.55. The molecule has 24 heavy (non-hydrogen) atoms. The molecule has 0 bridgehead atoms. The van der Waals surface area contributed by atoms with Gasteiger partial charge in [0.05, 0.1) is 5.69 Å². The quantitative estimate of drug-likeness (QED) is 0.641. The summed E-state index contributed by atoms with van der Waals surface area (Å²) in [4.78, 5) is 0. The first-order valence-electron chi connectivity index (χ1n) is 6.13. The summed E-state index contributed by atoms with van der Waals surface area (Å²) in [5.41, 5.74) is -7.91. The van der Waals surface area contributed by atoms with E-state index in [-0.39, 0.29) is 10.8 Å². The van der Waals surface area contributed by atoms with E-state index in [0.717, 1.165) is 12.1 Å². The number of aliphatic hydroxyl groups is 1. The summed E-state index contributed by atoms with van der Waals surface area (Å²) in [6, 6.07) is 6.55. The lowest BCUT2D eigenvalue weighted by Crippen LogP contribution is -2.54. The normalized spacial score (nSPS) is 14.7. The number of benzene rings is 2. The molecule has 0 aliphatic rings. The van der Waals surface area contributed by atoms with E-state index in [0.29, 0.717) is 6.07 Å². The van der Waals surface area contributed by atoms with Crippen molar-refractivity contribution in [2.24, 2.45) is 0 Å². The molecule has 1 atom stereocenters. The molecule has 132 valence electrons. The van der Waals surface area contributed by atoms with Gasteiger partial charge in [0.25, 0.3) is 5.60 Å². The molecule has 2 aromatic rings. The number of nitrogens with one attached hydrogen (secondary N) is 1. The van der Waals surface area contributed by atoms with Crippen molar-refractivity contribution in [1.82, 2.24) is 0 Å². The lowest BCUT2D eigenvalue weighted by atomic mass is 9.88. The Morgan fingerprint density at radius 2 is 1.50 bits per heavy atom. The second-order valence-corrected chi connectivity index (χ2v) is 5.43. The smallest absolute Gasteiger partial charge is 0.430 e. The molecule has 0 radical (unpaired) electrons. The molecule has 0 aromatic heterocycles. The third-order valence-electron chi connectivity index (χ3n) is 3.32. The van der Waals surface area contributed by atoms with Crippen molar-refractivity contribution in [2.75, 3.05) is 4.72 Å². The van der Waals surface area contributed by atoms with Crippen molar-refractivity contribution in [3.8, 4) is 0 Å². The highest BCUT2D eigenvalue weighted by molar-refractivity contribution is 7.80. The molecule has 2 N–H and O–H groups in total. The van der Waals surface area contributed by atoms with Gasteiger partial charge in [-0.05, 0) is 5.39 Å². The zero-order chi connectivity index (χ0) is 18.3. The van der Waals surface area contributed by atoms with Crippen molar-refractivity contribution >= 4 is 27.7 Å². The van der Waals surface area contributed by atoms with Gasteiger partial charge in [-0.1, -0.05) is 36.4 Å². The Morgan fingerprint density at radius 3 is 2.00 bits per heavy atom. The zero-order valence-electron chi connectivity index (χ0n) is 11.4. The number of hydrogen-bond acceptors (Lipinski definition) is 3. The van der Waals surface area contributed by atoms with Crippen LogP contribution in [0.25, 0.3) is 10.8 Å². The van der Waals surface area contributed by atoms with Gasteiger partial charge in [0.15, 0.2) is 0 Å². The summed E-state index contributed by atoms with van der Waals surface area (Å²) in [6.45, 7) is 0. The van der Waals surface area contributed by atoms with Crippen LogP contribution >= 0.6 is 0 Å². The number of hydrogen-bond donors (Lipinski definition) is 2. The summed E-state index contributed by atoms with van der Waals surface area (Å²) in [6.07, 6.45) is -12.3. The van der Waals surface area contributed by atoms with E-state index < -0.39 is 40.5 Å². The van der Waals surface area contributed by atoms with Gasteiger partial charge in [-0.2, -0.15) is 26.3 Å². The Balaban J connectivity index is 2.90. The fourth-order valence-corrected chi connectivity index (χ4v) is 2.62. The molecular weight excluding hydrogens is 364 g/mol. The monoisotopic (exact) mass is 372 g/mol. The number of rotatable bonds is 3. The van der Waals surface area contributed by atoms with Gasteiger partial charge >= 0.3 is 12.4 Å². The number of anilines is 1. The van der Waals surface area contributed by atoms with E-state index in [1.54, 1.807) is 0 Å². The van der Waals surface area contributed by atoms with Crippen LogP contribution in [0.1, 0.15) is 5.56 Å². The SMILES string of the molecule is O=S([O-])Nc1c(C(O)(C(F)(F)F)C(F)(F)F)ccc2ccccc12. The molecular formula is C13H8F6NO3S-. The van der Waals surface area contributed by atoms with Crippen LogP contribution in [0.3, 0.4) is 0 Å². The first-order chi connectivity index (χ1) is 10.9. The molecule has 0 aliphatic carbocycles. The number of alkyl halides is 6. The minimum absolute atomic E-state index is 0.181. The number of fused-ring (bicyclic) bond motifs is 1. The first-order valence-corrected chi connectivity index (χ1v) is 7.21. The van der Waals surface area contributed by atoms with Crippen LogP contribution in [0, 0.1) is 0 Å². The van der Waals surface area contributed by atoms with Crippen LogP contribution in [-0.4, -0.2) is 26.2 Å². The molecule has 0 spiro atoms. The molecule has 4 nitrogen and oxygen atoms in total. The maximum atomic E-state index is 13.1. The molecule has 0 aliphatic heterocycles. The molecule has 0 amide bonds. The van der Waals surface area contributed by atoms with Crippen LogP contribution in [0.5, 0.6) is 0 Å². The third kappa shape index (κ3) is 2.94. The maximum absolute atomic E-state index is 13.1. The van der Waals surface area contributed by atoms with E-state index in [1.165, 1.54) is 22.9 Å². The van der Waals surface area contributed by atoms with Crippen molar-refractivity contribution < 1.29 is 40.2 Å². The van der Waals surface area contributed by atoms with Gasteiger partial charge in [-0.3, -0.25) is 4.21 Å². The molecule has 1 unspecified atom stereocenters. The number of halogens is 6. The van der Waals surface area contributed by atoms with E-state index in [1.807, 2.05) is 0 Å². The highest BCUT2D eigenvalue weighted by Crippen LogP contribution is 2.52. The van der Waals surface area contributed by atoms with Gasteiger partial charge in [-0.25, -0.2) is 0 Å². The van der Waals surface area contributed by atoms with Crippen molar-refractivity contribution in [3.05, 3.63) is 42.0 Å². The van der Waals surface area contributed by atoms with Crippen LogP contribution in [0.2, 0.25) is 0 Å². The summed E-state index contributed by atoms with van der Waals surface area (Å²) in [7, 11) is 0. The minimum Gasteiger partial charge on any atom is -0.755 e. The Morgan fingerprint density at radius 1 is 0.958 bits per heavy atom. The van der Waals surface area contributed by atoms with Gasteiger partial charge in [0.2, 0.25) is 0 Å². The second-order valence-electron chi connectivity index (χ2n) is 4.75. The van der Waals surface area contributed by atoms with Crippen molar-refractivity contribution in [3.63, 3.8) is 0 Å². The van der Waals surface area contributed by atoms with Gasteiger partial charge < -0.3 is 14.4 Å². The van der Waals surface area contributed by atoms with Gasteiger partial charge in [0, 0.05) is 22.2 Å². The molecule has 0 fully saturated rings. The molecule has 0 saturated carbocycles. The molecule has 0 heterocycles. The average molecular weight is 372 g/mol. The lowest BCUT2D eigenvalue weighted by molar-refractivity contribution is -0.375. The third-order valence-corrected chi connectivity index (χ3v) is 3.70. The molecule has 2 rings (SSSR count). The topological polar surface area (TPSA) is 72.4 Å². The predicted molar refractivity (Wildman–Crippen MR) is 72.5 cm³/mol. The molecule has 2 aromatic carbocycles. The second kappa shape index (κ2) is 5.90. The minimum atomic E-state index is -6.13. The first kappa shape index (κ1) is 18.5. The summed E-state index contributed by atoms with van der Waals surface area (Å²) >= 11 is -3.22. The van der Waals surface area contributed by atoms with Crippen LogP contribution in [-0.2, 0) is 16.9 Å². The summed E-state index contributed by atoms with van der Waals surface area (Å²) < 4.78 is 102. The highest BCUT2D eigenvalue weighted by atomic mass is 32.2. The Bertz CT molecular complexity index is 775. The lowest BCUT2D eigenvalue weighted by Gasteiger charge is -2.34. The standard InChI is InChI=1S/C13H9F6NO3S/c14-12(15,16)11(21,13(17,18)19)9-6-5-7-3-1-2-4-8(7)10(9)20-24(22)23/h1-6,20-21H,(H,22,23)/p-1. The van der Waals surface area contributed by atoms with Crippen molar-refractivity contribution in [2.45, 2.75) is 18.0 Å². The average Bonchev–Trinajstić information content (AvgIpc) is 2.44. The van der Waals surface area contributed by atoms with E-state index >= 15 is 0 Å². The van der Waals surface area contributed by atoms with Crippen LogP contribution in [0.15, 0.2) is 36.4 Å². The molecule has 0 saturated heterocycles. The largest absolute Gasteiger partial charge is 0.755 e. The van der Waals surface area contributed by atoms with E-state index in [2.05, 4.69) is 0 Å². The van der Waals surface area contributed by atoms with Gasteiger partial charge in [0.1, 0.15) is 0 Å². The Hall–Kier alpha value is -1.85. The predicted octanol–water partition coefficient (Wildman–Crippen LogP) is 3.36. The molecule has 11 heteroatoms. The van der Waals surface area contributed by atoms with Crippen LogP contribution < -0.4 is 4.72 Å². The summed E-state index contributed by atoms with van der Waals surface area (Å²) in [5.74, 6) is 0. The van der Waals surface area contributed by atoms with E-state index in [4.69, 9.17) is 0 Å². The van der Waals surface area contributed by atoms with Crippen molar-refractivity contribution in [1.29, 1.82) is 0 Å². The highest BCUT2D eigenvalue weighted by Gasteiger charge is 2.72. The maximum Gasteiger partial charge on any atom is 0.430 e. The van der Waals surface area contributed by atoms with E-state index in [9.17, 15) is 40.2 Å². The fourth-order valence-electron chi connectivity index (χ4n) is 2.23.